The number of morpholine rings is 1. The van der Waals surface area contributed by atoms with Crippen molar-refractivity contribution >= 4 is 34.1 Å². The molecule has 7 nitrogen and oxygen atoms in total. The molecular weight excluding hydrogens is 472 g/mol. The van der Waals surface area contributed by atoms with Gasteiger partial charge in [0.1, 0.15) is 11.6 Å². The van der Waals surface area contributed by atoms with E-state index in [1.165, 1.54) is 5.56 Å². The average Bonchev–Trinajstić information content (AvgIpc) is 3.22. The Kier molecular flexibility index (Phi) is 6.72. The van der Waals surface area contributed by atoms with Crippen LogP contribution < -0.4 is 5.32 Å². The molecular formula is C28H33ClN6O. The highest BCUT2D eigenvalue weighted by atomic mass is 35.5. The zero-order valence-electron chi connectivity index (χ0n) is 21.5. The van der Waals surface area contributed by atoms with E-state index < -0.39 is 0 Å². The van der Waals surface area contributed by atoms with Gasteiger partial charge >= 0.3 is 0 Å². The summed E-state index contributed by atoms with van der Waals surface area (Å²) in [5, 5.41) is 9.61. The van der Waals surface area contributed by atoms with Gasteiger partial charge in [-0.05, 0) is 49.1 Å². The van der Waals surface area contributed by atoms with Gasteiger partial charge in [-0.2, -0.15) is 5.10 Å². The maximum absolute atomic E-state index is 6.52. The minimum absolute atomic E-state index is 0.0937. The molecule has 2 aromatic heterocycles. The maximum Gasteiger partial charge on any atom is 0.168 e. The summed E-state index contributed by atoms with van der Waals surface area (Å²) in [5.74, 6) is 1.46. The lowest BCUT2D eigenvalue weighted by atomic mass is 9.87. The van der Waals surface area contributed by atoms with Crippen molar-refractivity contribution in [2.24, 2.45) is 0 Å². The van der Waals surface area contributed by atoms with E-state index in [0.717, 1.165) is 47.1 Å². The van der Waals surface area contributed by atoms with Crippen molar-refractivity contribution in [1.82, 2.24) is 24.6 Å². The van der Waals surface area contributed by atoms with Crippen molar-refractivity contribution in [1.29, 1.82) is 0 Å². The van der Waals surface area contributed by atoms with Gasteiger partial charge in [0.15, 0.2) is 5.65 Å². The third kappa shape index (κ3) is 5.24. The van der Waals surface area contributed by atoms with Gasteiger partial charge in [0.25, 0.3) is 0 Å². The van der Waals surface area contributed by atoms with Gasteiger partial charge in [-0.3, -0.25) is 4.90 Å². The quantitative estimate of drug-likeness (QED) is 0.353. The fraction of sp³-hybridized carbons (Fsp3) is 0.393. The van der Waals surface area contributed by atoms with Crippen molar-refractivity contribution in [3.05, 3.63) is 71.1 Å². The Morgan fingerprint density at radius 2 is 1.69 bits per heavy atom. The molecule has 4 aromatic rings. The summed E-state index contributed by atoms with van der Waals surface area (Å²) in [7, 11) is 0. The molecule has 8 heteroatoms. The van der Waals surface area contributed by atoms with E-state index in [0.29, 0.717) is 11.6 Å². The molecule has 1 N–H and O–H groups in total. The van der Waals surface area contributed by atoms with Crippen LogP contribution in [-0.4, -0.2) is 49.9 Å². The van der Waals surface area contributed by atoms with E-state index >= 15 is 0 Å². The second kappa shape index (κ2) is 9.81. The lowest BCUT2D eigenvalue weighted by molar-refractivity contribution is -0.0710. The molecule has 5 rings (SSSR count). The largest absolute Gasteiger partial charge is 0.373 e. The number of fused-ring (bicyclic) bond motifs is 1. The molecule has 0 aliphatic carbocycles. The number of hydrogen-bond donors (Lipinski definition) is 1. The van der Waals surface area contributed by atoms with Crippen LogP contribution >= 0.6 is 11.6 Å². The Morgan fingerprint density at radius 1 is 1.00 bits per heavy atom. The fourth-order valence-electron chi connectivity index (χ4n) is 4.72. The molecule has 0 spiro atoms. The van der Waals surface area contributed by atoms with Gasteiger partial charge in [-0.25, -0.2) is 14.6 Å². The molecule has 2 atom stereocenters. The van der Waals surface area contributed by atoms with Crippen LogP contribution in [0.2, 0.25) is 5.02 Å². The second-order valence-electron chi connectivity index (χ2n) is 10.6. The summed E-state index contributed by atoms with van der Waals surface area (Å²) >= 11 is 6.52. The summed E-state index contributed by atoms with van der Waals surface area (Å²) in [6.45, 7) is 13.2. The second-order valence-corrected chi connectivity index (χ2v) is 11.0. The molecule has 36 heavy (non-hydrogen) atoms. The molecule has 2 aromatic carbocycles. The van der Waals surface area contributed by atoms with Gasteiger partial charge in [-0.1, -0.05) is 56.6 Å². The monoisotopic (exact) mass is 504 g/mol. The Labute approximate surface area is 217 Å². The number of para-hydroxylation sites is 1. The predicted molar refractivity (Wildman–Crippen MR) is 145 cm³/mol. The first kappa shape index (κ1) is 24.7. The first-order chi connectivity index (χ1) is 17.2. The van der Waals surface area contributed by atoms with Gasteiger partial charge in [0.05, 0.1) is 41.0 Å². The summed E-state index contributed by atoms with van der Waals surface area (Å²) in [5.41, 5.74) is 3.84. The predicted octanol–water partition coefficient (Wildman–Crippen LogP) is 6.12. The summed E-state index contributed by atoms with van der Waals surface area (Å²) in [4.78, 5) is 12.2. The van der Waals surface area contributed by atoms with Crippen molar-refractivity contribution in [2.75, 3.05) is 18.4 Å². The average molecular weight is 505 g/mol. The number of ether oxygens (including phenoxy) is 1. The molecule has 0 unspecified atom stereocenters. The van der Waals surface area contributed by atoms with Crippen molar-refractivity contribution < 1.29 is 4.74 Å². The number of anilines is 2. The van der Waals surface area contributed by atoms with Gasteiger partial charge in [-0.15, -0.1) is 0 Å². The molecule has 0 bridgehead atoms. The van der Waals surface area contributed by atoms with Gasteiger partial charge in [0, 0.05) is 18.8 Å². The fourth-order valence-corrected chi connectivity index (χ4v) is 4.94. The number of nitrogens with one attached hydrogen (secondary N) is 1. The highest BCUT2D eigenvalue weighted by Gasteiger charge is 2.24. The van der Waals surface area contributed by atoms with Crippen LogP contribution in [0.5, 0.6) is 0 Å². The molecule has 0 saturated carbocycles. The first-order valence-electron chi connectivity index (χ1n) is 12.4. The maximum atomic E-state index is 6.52. The minimum Gasteiger partial charge on any atom is -0.373 e. The number of hydrogen-bond acceptors (Lipinski definition) is 6. The standard InChI is InChI=1S/C28H33ClN6O/c1-18-15-34(16-19(2)36-18)17-25-32-26(31-21-12-10-20(11-13-21)28(3,4)5)22-14-30-35(27(22)33-25)24-9-7-6-8-23(24)29/h6-14,18-19H,15-17H2,1-5H3,(H,31,32,33)/t18-,19+. The van der Waals surface area contributed by atoms with Crippen LogP contribution in [0.25, 0.3) is 16.7 Å². The molecule has 188 valence electrons. The van der Waals surface area contributed by atoms with Crippen LogP contribution in [0.15, 0.2) is 54.7 Å². The van der Waals surface area contributed by atoms with Gasteiger partial charge < -0.3 is 10.1 Å². The van der Waals surface area contributed by atoms with E-state index in [2.05, 4.69) is 74.2 Å². The zero-order chi connectivity index (χ0) is 25.4. The number of nitrogens with zero attached hydrogens (tertiary/aromatic N) is 5. The number of benzene rings is 2. The minimum atomic E-state index is 0.0937. The van der Waals surface area contributed by atoms with Crippen LogP contribution in [0.3, 0.4) is 0 Å². The third-order valence-corrected chi connectivity index (χ3v) is 6.75. The number of aromatic nitrogens is 4. The highest BCUT2D eigenvalue weighted by molar-refractivity contribution is 6.32. The Morgan fingerprint density at radius 3 is 2.36 bits per heavy atom. The van der Waals surface area contributed by atoms with Crippen molar-refractivity contribution in [3.8, 4) is 5.69 Å². The molecule has 1 saturated heterocycles. The zero-order valence-corrected chi connectivity index (χ0v) is 22.3. The van der Waals surface area contributed by atoms with E-state index in [4.69, 9.17) is 26.3 Å². The van der Waals surface area contributed by atoms with E-state index in [9.17, 15) is 0 Å². The molecule has 3 heterocycles. The van der Waals surface area contributed by atoms with E-state index in [-0.39, 0.29) is 17.6 Å². The first-order valence-corrected chi connectivity index (χ1v) is 12.8. The Hall–Kier alpha value is -3.00. The Balaban J connectivity index is 1.55. The summed E-state index contributed by atoms with van der Waals surface area (Å²) in [6, 6.07) is 16.2. The topological polar surface area (TPSA) is 68.1 Å². The molecule has 0 radical (unpaired) electrons. The van der Waals surface area contributed by atoms with Crippen LogP contribution in [-0.2, 0) is 16.7 Å². The lowest BCUT2D eigenvalue weighted by Crippen LogP contribution is -2.45. The normalized spacial score (nSPS) is 19.1. The third-order valence-electron chi connectivity index (χ3n) is 6.43. The number of halogens is 1. The van der Waals surface area contributed by atoms with E-state index in [1.54, 1.807) is 10.9 Å². The van der Waals surface area contributed by atoms with Crippen molar-refractivity contribution in [3.63, 3.8) is 0 Å². The highest BCUT2D eigenvalue weighted by Crippen LogP contribution is 2.30. The molecule has 0 amide bonds. The van der Waals surface area contributed by atoms with E-state index in [1.807, 2.05) is 24.3 Å². The molecule has 1 aliphatic heterocycles. The summed E-state index contributed by atoms with van der Waals surface area (Å²) < 4.78 is 7.71. The lowest BCUT2D eigenvalue weighted by Gasteiger charge is -2.34. The SMILES string of the molecule is C[C@@H]1CN(Cc2nc(Nc3ccc(C(C)(C)C)cc3)c3cnn(-c4ccccc4Cl)c3n2)C[C@H](C)O1. The number of rotatable bonds is 5. The smallest absolute Gasteiger partial charge is 0.168 e. The van der Waals surface area contributed by atoms with Crippen LogP contribution in [0.4, 0.5) is 11.5 Å². The van der Waals surface area contributed by atoms with Crippen LogP contribution in [0.1, 0.15) is 46.0 Å². The summed E-state index contributed by atoms with van der Waals surface area (Å²) in [6.07, 6.45) is 2.14. The van der Waals surface area contributed by atoms with Gasteiger partial charge in [0.2, 0.25) is 0 Å². The molecule has 1 fully saturated rings. The Bertz CT molecular complexity index is 1350. The van der Waals surface area contributed by atoms with Crippen molar-refractivity contribution in [2.45, 2.75) is 58.8 Å². The molecule has 1 aliphatic rings. The van der Waals surface area contributed by atoms with Crippen LogP contribution in [0, 0.1) is 0 Å².